The summed E-state index contributed by atoms with van der Waals surface area (Å²) in [7, 11) is -4.00. The van der Waals surface area contributed by atoms with E-state index in [-0.39, 0.29) is 35.9 Å². The lowest BCUT2D eigenvalue weighted by Crippen LogP contribution is -2.36. The minimum absolute atomic E-state index is 0.00776. The van der Waals surface area contributed by atoms with Gasteiger partial charge in [-0.3, -0.25) is 9.20 Å². The van der Waals surface area contributed by atoms with Gasteiger partial charge in [0.2, 0.25) is 21.7 Å². The molecular formula is C29H30F3N5O5S. The van der Waals surface area contributed by atoms with Gasteiger partial charge in [-0.1, -0.05) is 25.1 Å². The van der Waals surface area contributed by atoms with Crippen molar-refractivity contribution in [2.75, 3.05) is 6.54 Å². The van der Waals surface area contributed by atoms with Crippen molar-refractivity contribution in [3.63, 3.8) is 0 Å². The predicted octanol–water partition coefficient (Wildman–Crippen LogP) is 5.04. The number of carbonyl (C=O) groups is 1. The number of ether oxygens (including phenoxy) is 1. The fourth-order valence-electron chi connectivity index (χ4n) is 5.34. The van der Waals surface area contributed by atoms with Crippen LogP contribution in [0.25, 0.3) is 5.65 Å². The van der Waals surface area contributed by atoms with E-state index in [0.717, 1.165) is 9.96 Å². The summed E-state index contributed by atoms with van der Waals surface area (Å²) in [5.74, 6) is -2.99. The van der Waals surface area contributed by atoms with Crippen LogP contribution in [-0.2, 0) is 27.5 Å². The average molecular weight is 618 g/mol. The number of aryl methyl sites for hydroxylation is 3. The first-order chi connectivity index (χ1) is 20.2. The Balaban J connectivity index is 1.57. The van der Waals surface area contributed by atoms with Crippen LogP contribution in [0.15, 0.2) is 47.6 Å². The number of carboxylic acid groups (broad SMARTS) is 1. The second kappa shape index (κ2) is 11.2. The molecule has 1 N–H and O–H groups in total. The van der Waals surface area contributed by atoms with Gasteiger partial charge < -0.3 is 9.84 Å². The Morgan fingerprint density at radius 3 is 2.58 bits per heavy atom. The van der Waals surface area contributed by atoms with E-state index in [1.54, 1.807) is 38.2 Å². The average Bonchev–Trinajstić information content (AvgIpc) is 3.35. The van der Waals surface area contributed by atoms with Crippen molar-refractivity contribution in [1.82, 2.24) is 23.9 Å². The lowest BCUT2D eigenvalue weighted by atomic mass is 9.85. The molecule has 0 saturated heterocycles. The first-order valence-electron chi connectivity index (χ1n) is 13.6. The summed E-state index contributed by atoms with van der Waals surface area (Å²) in [6, 6.07) is 8.27. The summed E-state index contributed by atoms with van der Waals surface area (Å²) in [4.78, 5) is 16.2. The van der Waals surface area contributed by atoms with Gasteiger partial charge in [0.15, 0.2) is 5.65 Å². The molecular weight excluding hydrogens is 587 g/mol. The number of sulfonamides is 1. The predicted molar refractivity (Wildman–Crippen MR) is 149 cm³/mol. The zero-order chi connectivity index (χ0) is 31.3. The summed E-state index contributed by atoms with van der Waals surface area (Å²) >= 11 is 0. The van der Waals surface area contributed by atoms with Gasteiger partial charge in [0.05, 0.1) is 13.0 Å². The monoisotopic (exact) mass is 617 g/mol. The highest BCUT2D eigenvalue weighted by atomic mass is 32.2. The van der Waals surface area contributed by atoms with Crippen LogP contribution in [0.5, 0.6) is 5.88 Å². The van der Waals surface area contributed by atoms with E-state index in [1.165, 1.54) is 22.6 Å². The molecule has 0 saturated carbocycles. The van der Waals surface area contributed by atoms with E-state index in [4.69, 9.17) is 4.74 Å². The number of benzene rings is 1. The van der Waals surface area contributed by atoms with Gasteiger partial charge in [-0.15, -0.1) is 10.2 Å². The molecule has 0 amide bonds. The van der Waals surface area contributed by atoms with Crippen LogP contribution in [0.2, 0.25) is 0 Å². The molecule has 1 aliphatic rings. The van der Waals surface area contributed by atoms with Crippen LogP contribution in [0.4, 0.5) is 13.2 Å². The number of nitrogens with zero attached hydrogens (tertiary/aromatic N) is 5. The Bertz CT molecular complexity index is 1820. The number of fused-ring (bicyclic) bond motifs is 2. The van der Waals surface area contributed by atoms with Crippen LogP contribution in [0, 0.1) is 20.8 Å². The number of pyridine rings is 2. The molecule has 228 valence electrons. The van der Waals surface area contributed by atoms with Crippen molar-refractivity contribution in [2.24, 2.45) is 0 Å². The van der Waals surface area contributed by atoms with Crippen molar-refractivity contribution in [3.8, 4) is 5.88 Å². The number of hydrogen-bond acceptors (Lipinski definition) is 7. The van der Waals surface area contributed by atoms with Gasteiger partial charge in [0, 0.05) is 24.9 Å². The SMILES string of the molecule is CC[C@@H]1CN(Cc2cc([C@H](CC(=O)O)c3ccn4c(C(F)(F)F)nnc4c3C)ccc2C)S(=O)(=O)c2cc(C)cnc2O1. The van der Waals surface area contributed by atoms with Crippen molar-refractivity contribution in [2.45, 2.75) is 70.2 Å². The Morgan fingerprint density at radius 1 is 1.16 bits per heavy atom. The molecule has 0 unspecified atom stereocenters. The molecule has 0 spiro atoms. The van der Waals surface area contributed by atoms with Crippen LogP contribution in [0.3, 0.4) is 0 Å². The molecule has 4 heterocycles. The fraction of sp³-hybridized carbons (Fsp3) is 0.379. The number of aromatic nitrogens is 4. The third kappa shape index (κ3) is 5.80. The zero-order valence-electron chi connectivity index (χ0n) is 23.9. The molecule has 5 rings (SSSR count). The third-order valence-corrected chi connectivity index (χ3v) is 9.52. The van der Waals surface area contributed by atoms with Crippen molar-refractivity contribution in [1.29, 1.82) is 0 Å². The van der Waals surface area contributed by atoms with Gasteiger partial charge in [-0.2, -0.15) is 17.5 Å². The van der Waals surface area contributed by atoms with Gasteiger partial charge in [-0.25, -0.2) is 13.4 Å². The lowest BCUT2D eigenvalue weighted by Gasteiger charge is -2.25. The number of hydrogen-bond donors (Lipinski definition) is 1. The van der Waals surface area contributed by atoms with E-state index in [0.29, 0.717) is 34.2 Å². The quantitative estimate of drug-likeness (QED) is 0.306. The molecule has 10 nitrogen and oxygen atoms in total. The number of halogens is 3. The molecule has 0 fully saturated rings. The standard InChI is InChI=1S/C29H30F3N5O5S/c1-5-21-15-36(43(40,41)24-10-16(2)13-33-27(24)42-21)14-20-11-19(7-6-17(20)3)23(12-25(38)39)22-8-9-37-26(18(22)4)34-35-28(37)29(30,31)32/h6-11,13,21,23H,5,12,14-15H2,1-4H3,(H,38,39)/t21-,23+/m1/s1. The summed E-state index contributed by atoms with van der Waals surface area (Å²) in [6.07, 6.45) is -2.23. The molecule has 0 bridgehead atoms. The van der Waals surface area contributed by atoms with E-state index in [9.17, 15) is 31.5 Å². The molecule has 0 radical (unpaired) electrons. The number of carboxylic acids is 1. The Hall–Kier alpha value is -4.04. The number of rotatable bonds is 7. The summed E-state index contributed by atoms with van der Waals surface area (Å²) < 4.78 is 76.0. The largest absolute Gasteiger partial charge is 0.481 e. The molecule has 0 aliphatic carbocycles. The highest BCUT2D eigenvalue weighted by Gasteiger charge is 2.38. The first kappa shape index (κ1) is 30.4. The molecule has 3 aromatic heterocycles. The van der Waals surface area contributed by atoms with Crippen molar-refractivity contribution >= 4 is 21.6 Å². The molecule has 1 aromatic carbocycles. The highest BCUT2D eigenvalue weighted by molar-refractivity contribution is 7.89. The van der Waals surface area contributed by atoms with Crippen LogP contribution < -0.4 is 4.74 Å². The topological polar surface area (TPSA) is 127 Å². The van der Waals surface area contributed by atoms with Crippen LogP contribution in [-0.4, -0.2) is 56.0 Å². The molecule has 2 atom stereocenters. The zero-order valence-corrected chi connectivity index (χ0v) is 24.7. The van der Waals surface area contributed by atoms with E-state index in [1.807, 2.05) is 13.8 Å². The van der Waals surface area contributed by atoms with Crippen LogP contribution in [0.1, 0.15) is 64.9 Å². The lowest BCUT2D eigenvalue weighted by molar-refractivity contribution is -0.145. The highest BCUT2D eigenvalue weighted by Crippen LogP contribution is 2.36. The van der Waals surface area contributed by atoms with E-state index in [2.05, 4.69) is 15.2 Å². The van der Waals surface area contributed by atoms with Gasteiger partial charge in [0.1, 0.15) is 11.0 Å². The number of alkyl halides is 3. The van der Waals surface area contributed by atoms with Crippen LogP contribution >= 0.6 is 0 Å². The number of aliphatic carboxylic acids is 1. The minimum Gasteiger partial charge on any atom is -0.481 e. The fourth-order valence-corrected chi connectivity index (χ4v) is 6.95. The first-order valence-corrected chi connectivity index (χ1v) is 15.0. The van der Waals surface area contributed by atoms with Crippen molar-refractivity contribution < 1.29 is 36.2 Å². The molecule has 43 heavy (non-hydrogen) atoms. The summed E-state index contributed by atoms with van der Waals surface area (Å²) in [5, 5.41) is 16.8. The summed E-state index contributed by atoms with van der Waals surface area (Å²) in [5.41, 5.74) is 3.47. The second-order valence-electron chi connectivity index (χ2n) is 10.7. The van der Waals surface area contributed by atoms with E-state index >= 15 is 0 Å². The second-order valence-corrected chi connectivity index (χ2v) is 12.6. The van der Waals surface area contributed by atoms with Gasteiger partial charge >= 0.3 is 12.1 Å². The molecule has 4 aromatic rings. The molecule has 14 heteroatoms. The minimum atomic E-state index is -4.72. The normalized spacial score (nSPS) is 17.7. The third-order valence-electron chi connectivity index (χ3n) is 7.71. The smallest absolute Gasteiger partial charge is 0.452 e. The maximum Gasteiger partial charge on any atom is 0.452 e. The Kier molecular flexibility index (Phi) is 7.94. The maximum absolute atomic E-state index is 13.8. The maximum atomic E-state index is 13.8. The Morgan fingerprint density at radius 2 is 1.91 bits per heavy atom. The van der Waals surface area contributed by atoms with Gasteiger partial charge in [0.25, 0.3) is 0 Å². The molecule has 1 aliphatic heterocycles. The summed E-state index contributed by atoms with van der Waals surface area (Å²) in [6.45, 7) is 7.12. The van der Waals surface area contributed by atoms with E-state index < -0.39 is 40.0 Å². The Labute approximate surface area is 246 Å². The van der Waals surface area contributed by atoms with Gasteiger partial charge in [-0.05, 0) is 72.7 Å². The van der Waals surface area contributed by atoms with Crippen molar-refractivity contribution in [3.05, 3.63) is 81.9 Å².